The number of rotatable bonds is 5. The molecule has 1 aliphatic heterocycles. The summed E-state index contributed by atoms with van der Waals surface area (Å²) in [6.07, 6.45) is 3.05. The van der Waals surface area contributed by atoms with Crippen molar-refractivity contribution in [3.8, 4) is 0 Å². The largest absolute Gasteiger partial charge is 0.352 e. The predicted octanol–water partition coefficient (Wildman–Crippen LogP) is 0.442. The molecule has 1 aliphatic rings. The molecule has 2 unspecified atom stereocenters. The highest BCUT2D eigenvalue weighted by Crippen LogP contribution is 2.13. The van der Waals surface area contributed by atoms with Gasteiger partial charge < -0.3 is 15.5 Å². The van der Waals surface area contributed by atoms with Crippen molar-refractivity contribution in [2.75, 3.05) is 33.7 Å². The lowest BCUT2D eigenvalue weighted by atomic mass is 9.96. The number of hydrogen-bond donors (Lipinski definition) is 2. The fraction of sp³-hybridized carbons (Fsp3) is 0.917. The Morgan fingerprint density at radius 2 is 2.31 bits per heavy atom. The Bertz CT molecular complexity index is 212. The number of piperidine rings is 1. The maximum absolute atomic E-state index is 11.7. The normalized spacial score (nSPS) is 23.1. The van der Waals surface area contributed by atoms with Crippen molar-refractivity contribution in [2.24, 2.45) is 5.92 Å². The van der Waals surface area contributed by atoms with Gasteiger partial charge in [-0.2, -0.15) is 0 Å². The van der Waals surface area contributed by atoms with Crippen molar-refractivity contribution in [3.05, 3.63) is 0 Å². The van der Waals surface area contributed by atoms with Crippen LogP contribution in [0.3, 0.4) is 0 Å². The molecule has 2 atom stereocenters. The SMILES string of the molecule is CC(CN(C)C)NC(=O)CC1CCCNC1. The minimum absolute atomic E-state index is 0.197. The van der Waals surface area contributed by atoms with E-state index in [0.717, 1.165) is 19.6 Å². The number of hydrogen-bond acceptors (Lipinski definition) is 3. The van der Waals surface area contributed by atoms with Crippen molar-refractivity contribution in [3.63, 3.8) is 0 Å². The molecule has 0 saturated carbocycles. The summed E-state index contributed by atoms with van der Waals surface area (Å²) in [4.78, 5) is 13.8. The van der Waals surface area contributed by atoms with E-state index in [1.165, 1.54) is 12.8 Å². The third-order valence-corrected chi connectivity index (χ3v) is 2.92. The van der Waals surface area contributed by atoms with Gasteiger partial charge in [0, 0.05) is 19.0 Å². The monoisotopic (exact) mass is 227 g/mol. The third kappa shape index (κ3) is 5.47. The van der Waals surface area contributed by atoms with Gasteiger partial charge in [0.25, 0.3) is 0 Å². The van der Waals surface area contributed by atoms with Crippen molar-refractivity contribution >= 4 is 5.91 Å². The van der Waals surface area contributed by atoms with Crippen LogP contribution < -0.4 is 10.6 Å². The standard InChI is InChI=1S/C12H25N3O/c1-10(9-15(2)3)14-12(16)7-11-5-4-6-13-8-11/h10-11,13H,4-9H2,1-3H3,(H,14,16). The molecule has 1 fully saturated rings. The van der Waals surface area contributed by atoms with Crippen LogP contribution in [0.5, 0.6) is 0 Å². The quantitative estimate of drug-likeness (QED) is 0.716. The van der Waals surface area contributed by atoms with Crippen LogP contribution >= 0.6 is 0 Å². The summed E-state index contributed by atoms with van der Waals surface area (Å²) >= 11 is 0. The van der Waals surface area contributed by atoms with Crippen LogP contribution in [0.4, 0.5) is 0 Å². The van der Waals surface area contributed by atoms with E-state index in [4.69, 9.17) is 0 Å². The zero-order valence-corrected chi connectivity index (χ0v) is 10.8. The molecule has 1 amide bonds. The van der Waals surface area contributed by atoms with E-state index in [2.05, 4.69) is 22.5 Å². The second kappa shape index (κ2) is 6.86. The summed E-state index contributed by atoms with van der Waals surface area (Å²) < 4.78 is 0. The summed E-state index contributed by atoms with van der Waals surface area (Å²) in [6.45, 7) is 5.05. The molecule has 0 aliphatic carbocycles. The highest BCUT2D eigenvalue weighted by Gasteiger charge is 2.17. The van der Waals surface area contributed by atoms with Crippen molar-refractivity contribution in [1.82, 2.24) is 15.5 Å². The molecule has 4 nitrogen and oxygen atoms in total. The second-order valence-corrected chi connectivity index (χ2v) is 5.15. The van der Waals surface area contributed by atoms with E-state index in [9.17, 15) is 4.79 Å². The van der Waals surface area contributed by atoms with Crippen LogP contribution in [0.2, 0.25) is 0 Å². The van der Waals surface area contributed by atoms with Gasteiger partial charge in [0.1, 0.15) is 0 Å². The summed E-state index contributed by atoms with van der Waals surface area (Å²) in [7, 11) is 4.04. The van der Waals surface area contributed by atoms with Gasteiger partial charge in [0.2, 0.25) is 5.91 Å². The van der Waals surface area contributed by atoms with Gasteiger partial charge in [-0.3, -0.25) is 4.79 Å². The molecule has 0 spiro atoms. The van der Waals surface area contributed by atoms with Crippen molar-refractivity contribution in [2.45, 2.75) is 32.2 Å². The lowest BCUT2D eigenvalue weighted by Gasteiger charge is -2.24. The minimum atomic E-state index is 0.197. The Balaban J connectivity index is 2.18. The number of amides is 1. The first-order valence-electron chi connectivity index (χ1n) is 6.22. The molecule has 94 valence electrons. The first kappa shape index (κ1) is 13.5. The number of carbonyl (C=O) groups excluding carboxylic acids is 1. The first-order chi connectivity index (χ1) is 7.58. The highest BCUT2D eigenvalue weighted by molar-refractivity contribution is 5.76. The Morgan fingerprint density at radius 1 is 1.56 bits per heavy atom. The van der Waals surface area contributed by atoms with Gasteiger partial charge >= 0.3 is 0 Å². The van der Waals surface area contributed by atoms with Gasteiger partial charge in [0.05, 0.1) is 0 Å². The minimum Gasteiger partial charge on any atom is -0.352 e. The molecule has 1 saturated heterocycles. The van der Waals surface area contributed by atoms with Crippen molar-refractivity contribution in [1.29, 1.82) is 0 Å². The van der Waals surface area contributed by atoms with Crippen LogP contribution in [0.25, 0.3) is 0 Å². The van der Waals surface area contributed by atoms with Crippen molar-refractivity contribution < 1.29 is 4.79 Å². The Morgan fingerprint density at radius 3 is 2.88 bits per heavy atom. The van der Waals surface area contributed by atoms with Gasteiger partial charge in [-0.15, -0.1) is 0 Å². The average molecular weight is 227 g/mol. The van der Waals surface area contributed by atoms with Gasteiger partial charge in [0.15, 0.2) is 0 Å². The van der Waals surface area contributed by atoms with Gasteiger partial charge in [-0.1, -0.05) is 0 Å². The van der Waals surface area contributed by atoms with E-state index in [1.807, 2.05) is 14.1 Å². The fourth-order valence-electron chi connectivity index (χ4n) is 2.29. The number of nitrogens with zero attached hydrogens (tertiary/aromatic N) is 1. The Hall–Kier alpha value is -0.610. The first-order valence-corrected chi connectivity index (χ1v) is 6.22. The second-order valence-electron chi connectivity index (χ2n) is 5.15. The lowest BCUT2D eigenvalue weighted by Crippen LogP contribution is -2.41. The molecule has 0 bridgehead atoms. The molecule has 0 aromatic heterocycles. The van der Waals surface area contributed by atoms with Gasteiger partial charge in [-0.05, 0) is 52.9 Å². The summed E-state index contributed by atoms with van der Waals surface area (Å²) in [6, 6.07) is 0.235. The summed E-state index contributed by atoms with van der Waals surface area (Å²) in [5, 5.41) is 6.39. The van der Waals surface area contributed by atoms with Crippen LogP contribution in [0.1, 0.15) is 26.2 Å². The van der Waals surface area contributed by atoms with E-state index < -0.39 is 0 Å². The smallest absolute Gasteiger partial charge is 0.220 e. The van der Waals surface area contributed by atoms with Crippen LogP contribution in [-0.2, 0) is 4.79 Å². The average Bonchev–Trinajstić information content (AvgIpc) is 2.17. The van der Waals surface area contributed by atoms with Crippen LogP contribution in [0, 0.1) is 5.92 Å². The molecule has 16 heavy (non-hydrogen) atoms. The fourth-order valence-corrected chi connectivity index (χ4v) is 2.29. The van der Waals surface area contributed by atoms with Crippen LogP contribution in [-0.4, -0.2) is 50.6 Å². The number of nitrogens with one attached hydrogen (secondary N) is 2. The molecule has 1 heterocycles. The van der Waals surface area contributed by atoms with E-state index in [-0.39, 0.29) is 11.9 Å². The zero-order valence-electron chi connectivity index (χ0n) is 10.8. The number of likely N-dealkylation sites (N-methyl/N-ethyl adjacent to an activating group) is 1. The maximum Gasteiger partial charge on any atom is 0.220 e. The Labute approximate surface area is 98.8 Å². The maximum atomic E-state index is 11.7. The molecular formula is C12H25N3O. The zero-order chi connectivity index (χ0) is 12.0. The van der Waals surface area contributed by atoms with E-state index >= 15 is 0 Å². The lowest BCUT2D eigenvalue weighted by molar-refractivity contribution is -0.122. The number of carbonyl (C=O) groups is 1. The van der Waals surface area contributed by atoms with Crippen LogP contribution in [0.15, 0.2) is 0 Å². The highest BCUT2D eigenvalue weighted by atomic mass is 16.1. The molecule has 1 rings (SSSR count). The van der Waals surface area contributed by atoms with Gasteiger partial charge in [-0.25, -0.2) is 0 Å². The topological polar surface area (TPSA) is 44.4 Å². The molecule has 4 heteroatoms. The van der Waals surface area contributed by atoms with E-state index in [0.29, 0.717) is 12.3 Å². The molecule has 2 N–H and O–H groups in total. The molecule has 0 aromatic rings. The molecular weight excluding hydrogens is 202 g/mol. The van der Waals surface area contributed by atoms with E-state index in [1.54, 1.807) is 0 Å². The predicted molar refractivity (Wildman–Crippen MR) is 66.4 cm³/mol. The molecule has 0 aromatic carbocycles. The summed E-state index contributed by atoms with van der Waals surface area (Å²) in [5.41, 5.74) is 0. The Kier molecular flexibility index (Phi) is 5.77. The summed E-state index contributed by atoms with van der Waals surface area (Å²) in [5.74, 6) is 0.725. The third-order valence-electron chi connectivity index (χ3n) is 2.92. The molecule has 0 radical (unpaired) electrons.